The maximum atomic E-state index is 12.2. The van der Waals surface area contributed by atoms with Crippen LogP contribution in [0.15, 0.2) is 18.3 Å². The van der Waals surface area contributed by atoms with Gasteiger partial charge >= 0.3 is 0 Å². The fraction of sp³-hybridized carbons (Fsp3) is 0.667. The zero-order chi connectivity index (χ0) is 16.8. The normalized spacial score (nSPS) is 18.6. The average Bonchev–Trinajstić information content (AvgIpc) is 3.43. The molecule has 1 saturated heterocycles. The third-order valence-corrected chi connectivity index (χ3v) is 4.94. The van der Waals surface area contributed by atoms with E-state index >= 15 is 0 Å². The Morgan fingerprint density at radius 1 is 1.29 bits per heavy atom. The number of nitrogens with one attached hydrogen (secondary N) is 1. The van der Waals surface area contributed by atoms with E-state index in [4.69, 9.17) is 16.3 Å². The lowest BCUT2D eigenvalue weighted by Gasteiger charge is -2.32. The fourth-order valence-corrected chi connectivity index (χ4v) is 3.10. The Morgan fingerprint density at radius 2 is 2.08 bits per heavy atom. The molecule has 3 rings (SSSR count). The summed E-state index contributed by atoms with van der Waals surface area (Å²) < 4.78 is 5.58. The number of halogens is 1. The molecule has 5 nitrogen and oxygen atoms in total. The highest BCUT2D eigenvalue weighted by molar-refractivity contribution is 6.30. The molecule has 1 aromatic heterocycles. The number of piperidine rings is 1. The second-order valence-corrected chi connectivity index (χ2v) is 7.20. The molecule has 0 unspecified atom stereocenters. The Bertz CT molecular complexity index is 526. The van der Waals surface area contributed by atoms with Crippen molar-refractivity contribution in [3.05, 3.63) is 23.4 Å². The van der Waals surface area contributed by atoms with E-state index < -0.39 is 0 Å². The van der Waals surface area contributed by atoms with Crippen LogP contribution in [0.2, 0.25) is 5.02 Å². The van der Waals surface area contributed by atoms with Crippen molar-refractivity contribution >= 4 is 23.3 Å². The monoisotopic (exact) mass is 351 g/mol. The molecule has 132 valence electrons. The zero-order valence-corrected chi connectivity index (χ0v) is 14.8. The highest BCUT2D eigenvalue weighted by Gasteiger charge is 2.25. The van der Waals surface area contributed by atoms with Gasteiger partial charge < -0.3 is 15.0 Å². The van der Waals surface area contributed by atoms with Crippen LogP contribution in [-0.4, -0.2) is 43.7 Å². The van der Waals surface area contributed by atoms with Crippen molar-refractivity contribution in [2.24, 2.45) is 11.8 Å². The van der Waals surface area contributed by atoms with Crippen LogP contribution in [0.5, 0.6) is 0 Å². The summed E-state index contributed by atoms with van der Waals surface area (Å²) in [5, 5.41) is 3.70. The lowest BCUT2D eigenvalue weighted by atomic mass is 9.96. The standard InChI is InChI=1S/C18H26ClN3O2/c19-16-4-5-17(21-12-16)22-9-6-15(7-10-22)18(23)20-8-1-11-24-13-14-2-3-14/h4-5,12,14-15H,1-3,6-11,13H2,(H,20,23). The first kappa shape index (κ1) is 17.5. The highest BCUT2D eigenvalue weighted by atomic mass is 35.5. The van der Waals surface area contributed by atoms with Crippen molar-refractivity contribution < 1.29 is 9.53 Å². The zero-order valence-electron chi connectivity index (χ0n) is 14.0. The van der Waals surface area contributed by atoms with Crippen LogP contribution in [0.3, 0.4) is 0 Å². The third-order valence-electron chi connectivity index (χ3n) is 4.72. The van der Waals surface area contributed by atoms with Gasteiger partial charge in [0.05, 0.1) is 5.02 Å². The predicted molar refractivity (Wildman–Crippen MR) is 95.4 cm³/mol. The van der Waals surface area contributed by atoms with Gasteiger partial charge in [0.15, 0.2) is 0 Å². The van der Waals surface area contributed by atoms with Crippen LogP contribution in [-0.2, 0) is 9.53 Å². The van der Waals surface area contributed by atoms with Crippen LogP contribution in [0.1, 0.15) is 32.1 Å². The van der Waals surface area contributed by atoms with E-state index in [1.165, 1.54) is 12.8 Å². The largest absolute Gasteiger partial charge is 0.381 e. The molecule has 0 atom stereocenters. The van der Waals surface area contributed by atoms with Gasteiger partial charge in [-0.05, 0) is 50.2 Å². The maximum Gasteiger partial charge on any atom is 0.223 e. The molecule has 1 aromatic rings. The van der Waals surface area contributed by atoms with Crippen molar-refractivity contribution in [3.8, 4) is 0 Å². The summed E-state index contributed by atoms with van der Waals surface area (Å²) >= 11 is 5.87. The summed E-state index contributed by atoms with van der Waals surface area (Å²) in [4.78, 5) is 18.8. The van der Waals surface area contributed by atoms with Crippen molar-refractivity contribution in [2.45, 2.75) is 32.1 Å². The van der Waals surface area contributed by atoms with E-state index in [1.807, 2.05) is 12.1 Å². The van der Waals surface area contributed by atoms with Gasteiger partial charge in [-0.25, -0.2) is 4.98 Å². The molecule has 2 aliphatic rings. The summed E-state index contributed by atoms with van der Waals surface area (Å²) in [5.41, 5.74) is 0. The van der Waals surface area contributed by atoms with Gasteiger partial charge in [0.2, 0.25) is 5.91 Å². The van der Waals surface area contributed by atoms with Gasteiger partial charge in [-0.15, -0.1) is 0 Å². The third kappa shape index (κ3) is 5.35. The second kappa shape index (κ2) is 8.67. The number of nitrogens with zero attached hydrogens (tertiary/aromatic N) is 2. The summed E-state index contributed by atoms with van der Waals surface area (Å²) in [6, 6.07) is 3.79. The molecule has 2 heterocycles. The average molecular weight is 352 g/mol. The minimum atomic E-state index is 0.112. The Kier molecular flexibility index (Phi) is 6.32. The maximum absolute atomic E-state index is 12.2. The number of carbonyl (C=O) groups is 1. The van der Waals surface area contributed by atoms with Crippen molar-refractivity contribution in [3.63, 3.8) is 0 Å². The van der Waals surface area contributed by atoms with Gasteiger partial charge in [-0.3, -0.25) is 4.79 Å². The Hall–Kier alpha value is -1.33. The molecular formula is C18H26ClN3O2. The first-order valence-corrected chi connectivity index (χ1v) is 9.32. The van der Waals surface area contributed by atoms with Gasteiger partial charge in [0.25, 0.3) is 0 Å². The minimum absolute atomic E-state index is 0.112. The first-order valence-electron chi connectivity index (χ1n) is 8.94. The Labute approximate surface area is 148 Å². The van der Waals surface area contributed by atoms with Gasteiger partial charge in [-0.2, -0.15) is 0 Å². The van der Waals surface area contributed by atoms with Crippen molar-refractivity contribution in [1.29, 1.82) is 0 Å². The molecule has 24 heavy (non-hydrogen) atoms. The molecule has 1 saturated carbocycles. The molecule has 0 bridgehead atoms. The lowest BCUT2D eigenvalue weighted by Crippen LogP contribution is -2.41. The summed E-state index contributed by atoms with van der Waals surface area (Å²) in [7, 11) is 0. The van der Waals surface area contributed by atoms with E-state index in [2.05, 4.69) is 15.2 Å². The van der Waals surface area contributed by atoms with E-state index in [9.17, 15) is 4.79 Å². The number of hydrogen-bond acceptors (Lipinski definition) is 4. The molecule has 1 aliphatic carbocycles. The van der Waals surface area contributed by atoms with Gasteiger partial charge in [0, 0.05) is 45.0 Å². The number of carbonyl (C=O) groups excluding carboxylic acids is 1. The number of hydrogen-bond donors (Lipinski definition) is 1. The quantitative estimate of drug-likeness (QED) is 0.732. The summed E-state index contributed by atoms with van der Waals surface area (Å²) in [6.07, 6.45) is 6.94. The molecule has 0 aromatic carbocycles. The fourth-order valence-electron chi connectivity index (χ4n) is 2.99. The van der Waals surface area contributed by atoms with Gasteiger partial charge in [0.1, 0.15) is 5.82 Å². The molecule has 0 radical (unpaired) electrons. The molecule has 1 N–H and O–H groups in total. The number of aromatic nitrogens is 1. The number of rotatable bonds is 8. The summed E-state index contributed by atoms with van der Waals surface area (Å²) in [6.45, 7) is 4.07. The predicted octanol–water partition coefficient (Wildman–Crippen LogP) is 2.88. The topological polar surface area (TPSA) is 54.5 Å². The number of amides is 1. The minimum Gasteiger partial charge on any atom is -0.381 e. The number of pyridine rings is 1. The Morgan fingerprint density at radius 3 is 2.75 bits per heavy atom. The van der Waals surface area contributed by atoms with E-state index in [0.29, 0.717) is 11.6 Å². The van der Waals surface area contributed by atoms with Crippen LogP contribution in [0, 0.1) is 11.8 Å². The van der Waals surface area contributed by atoms with Crippen molar-refractivity contribution in [1.82, 2.24) is 10.3 Å². The SMILES string of the molecule is O=C(NCCCOCC1CC1)C1CCN(c2ccc(Cl)cn2)CC1. The lowest BCUT2D eigenvalue weighted by molar-refractivity contribution is -0.125. The van der Waals surface area contributed by atoms with Crippen molar-refractivity contribution in [2.75, 3.05) is 37.7 Å². The molecule has 2 fully saturated rings. The summed E-state index contributed by atoms with van der Waals surface area (Å²) in [5.74, 6) is 2.04. The first-order chi connectivity index (χ1) is 11.7. The number of anilines is 1. The number of ether oxygens (including phenoxy) is 1. The second-order valence-electron chi connectivity index (χ2n) is 6.76. The van der Waals surface area contributed by atoms with Crippen LogP contribution in [0.25, 0.3) is 0 Å². The Balaban J connectivity index is 1.30. The molecule has 1 amide bonds. The highest BCUT2D eigenvalue weighted by Crippen LogP contribution is 2.28. The van der Waals surface area contributed by atoms with E-state index in [0.717, 1.165) is 57.3 Å². The van der Waals surface area contributed by atoms with Crippen LogP contribution < -0.4 is 10.2 Å². The van der Waals surface area contributed by atoms with Gasteiger partial charge in [-0.1, -0.05) is 11.6 Å². The molecule has 1 aliphatic heterocycles. The van der Waals surface area contributed by atoms with E-state index in [-0.39, 0.29) is 11.8 Å². The van der Waals surface area contributed by atoms with E-state index in [1.54, 1.807) is 6.20 Å². The van der Waals surface area contributed by atoms with Crippen LogP contribution >= 0.6 is 11.6 Å². The smallest absolute Gasteiger partial charge is 0.223 e. The molecular weight excluding hydrogens is 326 g/mol. The molecule has 6 heteroatoms. The molecule has 0 spiro atoms. The van der Waals surface area contributed by atoms with Crippen LogP contribution in [0.4, 0.5) is 5.82 Å².